The predicted molar refractivity (Wildman–Crippen MR) is 135 cm³/mol. The molecule has 0 spiro atoms. The van der Waals surface area contributed by atoms with Crippen LogP contribution in [0.1, 0.15) is 68.6 Å². The third kappa shape index (κ3) is 3.62. The van der Waals surface area contributed by atoms with E-state index >= 15 is 0 Å². The topological polar surface area (TPSA) is 141 Å². The van der Waals surface area contributed by atoms with Gasteiger partial charge in [-0.1, -0.05) is 13.0 Å². The van der Waals surface area contributed by atoms with E-state index in [4.69, 9.17) is 23.2 Å². The maximum absolute atomic E-state index is 13.3. The lowest BCUT2D eigenvalue weighted by Gasteiger charge is -2.50. The van der Waals surface area contributed by atoms with E-state index in [1.165, 1.54) is 12.1 Å². The van der Waals surface area contributed by atoms with Crippen LogP contribution in [0.5, 0.6) is 5.75 Å². The predicted octanol–water partition coefficient (Wildman–Crippen LogP) is 3.21. The van der Waals surface area contributed by atoms with Crippen molar-refractivity contribution in [3.63, 3.8) is 0 Å². The van der Waals surface area contributed by atoms with Crippen molar-refractivity contribution < 1.29 is 26.2 Å². The smallest absolute Gasteiger partial charge is 0.387 e. The molecule has 10 nitrogen and oxygen atoms in total. The minimum atomic E-state index is -3.05. The number of nitrogens with one attached hydrogen (secondary N) is 1. The summed E-state index contributed by atoms with van der Waals surface area (Å²) in [5.41, 5.74) is 7.35. The van der Waals surface area contributed by atoms with E-state index in [2.05, 4.69) is 15.3 Å². The van der Waals surface area contributed by atoms with E-state index < -0.39 is 36.2 Å². The third-order valence-electron chi connectivity index (χ3n) is 7.89. The molecule has 1 amide bonds. The molecule has 1 saturated carbocycles. The summed E-state index contributed by atoms with van der Waals surface area (Å²) >= 11 is 0. The summed E-state index contributed by atoms with van der Waals surface area (Å²) < 4.78 is 48.6. The fraction of sp³-hybridized carbons (Fsp3) is 0.370. The Hall–Kier alpha value is -4.03. The minimum Gasteiger partial charge on any atom is -0.434 e. The number of fused-ring (bicyclic) bond motifs is 9. The zero-order valence-corrected chi connectivity index (χ0v) is 20.7. The number of aliphatic hydroxyl groups is 1. The normalized spacial score (nSPS) is 28.2. The number of alkyl halides is 2. The summed E-state index contributed by atoms with van der Waals surface area (Å²) in [6.07, 6.45) is 3.96. The van der Waals surface area contributed by atoms with Gasteiger partial charge in [-0.25, -0.2) is 19.9 Å². The minimum absolute atomic E-state index is 0.0646. The third-order valence-corrected chi connectivity index (χ3v) is 7.89. The Balaban J connectivity index is 1.26. The van der Waals surface area contributed by atoms with Gasteiger partial charge in [-0.3, -0.25) is 4.79 Å². The molecule has 7 rings (SSSR count). The van der Waals surface area contributed by atoms with Gasteiger partial charge in [0.15, 0.2) is 5.65 Å². The van der Waals surface area contributed by atoms with Crippen molar-refractivity contribution in [3.05, 3.63) is 65.5 Å². The Labute approximate surface area is 224 Å². The molecule has 0 unspecified atom stereocenters. The Bertz CT molecular complexity index is 1720. The first-order valence-corrected chi connectivity index (χ1v) is 12.5. The van der Waals surface area contributed by atoms with E-state index in [1.807, 2.05) is 4.57 Å². The molecular formula is C27H25F2N7O3. The van der Waals surface area contributed by atoms with Crippen LogP contribution in [0.25, 0.3) is 22.4 Å². The highest BCUT2D eigenvalue weighted by atomic mass is 19.3. The summed E-state index contributed by atoms with van der Waals surface area (Å²) in [5, 5.41) is 12.8. The number of carbonyl (C=O) groups is 1. The summed E-state index contributed by atoms with van der Waals surface area (Å²) in [7, 11) is 0. The number of carbonyl (C=O) groups excluding carboxylic acids is 1. The molecule has 39 heavy (non-hydrogen) atoms. The maximum atomic E-state index is 13.3. The van der Waals surface area contributed by atoms with E-state index in [1.54, 1.807) is 37.5 Å². The highest BCUT2D eigenvalue weighted by Gasteiger charge is 2.52. The zero-order valence-electron chi connectivity index (χ0n) is 22.7. The second-order valence-corrected chi connectivity index (χ2v) is 10.7. The quantitative estimate of drug-likeness (QED) is 0.354. The number of nitrogens with two attached hydrogens (primary N) is 1. The molecule has 0 saturated heterocycles. The zero-order chi connectivity index (χ0) is 28.9. The van der Waals surface area contributed by atoms with Crippen LogP contribution < -0.4 is 15.8 Å². The number of ether oxygens (including phenoxy) is 1. The van der Waals surface area contributed by atoms with Crippen LogP contribution in [0.4, 0.5) is 8.78 Å². The van der Waals surface area contributed by atoms with E-state index in [9.17, 15) is 18.7 Å². The number of imidazole rings is 1. The number of hydrogen-bond donors (Lipinski definition) is 3. The average molecular weight is 536 g/mol. The Morgan fingerprint density at radius 2 is 2.03 bits per heavy atom. The summed E-state index contributed by atoms with van der Waals surface area (Å²) in [6, 6.07) is 7.14. The van der Waals surface area contributed by atoms with Gasteiger partial charge < -0.3 is 25.5 Å². The monoisotopic (exact) mass is 535 g/mol. The lowest BCUT2D eigenvalue weighted by molar-refractivity contribution is -0.0507. The van der Waals surface area contributed by atoms with Gasteiger partial charge >= 0.3 is 6.61 Å². The largest absolute Gasteiger partial charge is 0.434 e. The van der Waals surface area contributed by atoms with Gasteiger partial charge in [-0.05, 0) is 42.5 Å². The molecule has 1 fully saturated rings. The molecular weight excluding hydrogens is 508 g/mol. The molecule has 2 aliphatic heterocycles. The van der Waals surface area contributed by atoms with Crippen LogP contribution in [0, 0.1) is 5.41 Å². The van der Waals surface area contributed by atoms with Crippen molar-refractivity contribution in [2.24, 2.45) is 11.1 Å². The van der Waals surface area contributed by atoms with Crippen molar-refractivity contribution in [1.82, 2.24) is 29.8 Å². The lowest BCUT2D eigenvalue weighted by Crippen LogP contribution is -2.56. The van der Waals surface area contributed by atoms with Crippen LogP contribution in [-0.4, -0.2) is 48.7 Å². The number of pyridine rings is 1. The molecule has 1 aromatic carbocycles. The first kappa shape index (κ1) is 21.9. The van der Waals surface area contributed by atoms with E-state index in [0.29, 0.717) is 46.1 Å². The van der Waals surface area contributed by atoms with Crippen LogP contribution in [-0.2, 0) is 5.54 Å². The van der Waals surface area contributed by atoms with E-state index in [-0.39, 0.29) is 30.1 Å². The van der Waals surface area contributed by atoms with Crippen LogP contribution in [0.2, 0.25) is 0 Å². The molecule has 12 heteroatoms. The summed E-state index contributed by atoms with van der Waals surface area (Å²) in [5.74, 6) is 0.480. The van der Waals surface area contributed by atoms with Crippen molar-refractivity contribution in [1.29, 1.82) is 0 Å². The van der Waals surface area contributed by atoms with Crippen LogP contribution in [0.15, 0.2) is 42.7 Å². The van der Waals surface area contributed by atoms with Gasteiger partial charge in [0, 0.05) is 42.1 Å². The number of aromatic nitrogens is 5. The standard InChI is InChI=1S/C27H25F2N7O3/c1-26(12-37)10-27(30,11-26)24-31-8-13(9-32-24)15-5-6-16-21(33-15)36-18-7-17(22(36)34-16)35-23(38)14-3-2-4-19(20(14)18)39-25(28)29/h2-6,8-9,17-18,25,37H,7,10-12,30H2,1H3,(H,35,38)/t17-,18-,26?,27?/m1/s1/i12D2. The number of rotatable bonds is 5. The number of nitrogens with zero attached hydrogens (tertiary/aromatic N) is 5. The number of halogens is 2. The molecule has 3 aliphatic rings. The number of hydrogen-bond acceptors (Lipinski definition) is 8. The summed E-state index contributed by atoms with van der Waals surface area (Å²) in [4.78, 5) is 31.4. The van der Waals surface area contributed by atoms with Crippen LogP contribution >= 0.6 is 0 Å². The van der Waals surface area contributed by atoms with Gasteiger partial charge in [0.2, 0.25) is 0 Å². The highest BCUT2D eigenvalue weighted by molar-refractivity contribution is 5.97. The van der Waals surface area contributed by atoms with Crippen molar-refractivity contribution in [2.45, 2.75) is 50.4 Å². The second kappa shape index (κ2) is 8.23. The molecule has 1 aliphatic carbocycles. The number of amides is 1. The molecule has 4 N–H and O–H groups in total. The average Bonchev–Trinajstić information content (AvgIpc) is 3.39. The van der Waals surface area contributed by atoms with Crippen molar-refractivity contribution in [2.75, 3.05) is 6.56 Å². The summed E-state index contributed by atoms with van der Waals surface area (Å²) in [6.45, 7) is -3.78. The van der Waals surface area contributed by atoms with Gasteiger partial charge in [0.1, 0.15) is 22.9 Å². The van der Waals surface area contributed by atoms with Gasteiger partial charge in [0.05, 0.1) is 26.1 Å². The van der Waals surface area contributed by atoms with Crippen molar-refractivity contribution in [3.8, 4) is 17.0 Å². The molecule has 4 aromatic rings. The Kier molecular flexibility index (Phi) is 4.61. The van der Waals surface area contributed by atoms with Gasteiger partial charge in [-0.2, -0.15) is 8.78 Å². The Morgan fingerprint density at radius 3 is 2.74 bits per heavy atom. The SMILES string of the molecule is [2H]C([2H])(O)C1(C)CC(N)(c2ncc(-c3ccc4nc5n(c4n3)[C@@H]3C[C@H]5NC(=O)c4cccc(OC(F)F)c43)cn2)C1. The van der Waals surface area contributed by atoms with Gasteiger partial charge in [0.25, 0.3) is 5.91 Å². The van der Waals surface area contributed by atoms with Crippen LogP contribution in [0.3, 0.4) is 0 Å². The Morgan fingerprint density at radius 1 is 1.26 bits per heavy atom. The van der Waals surface area contributed by atoms with E-state index in [0.717, 1.165) is 0 Å². The molecule has 0 radical (unpaired) electrons. The molecule has 200 valence electrons. The molecule has 2 bridgehead atoms. The maximum Gasteiger partial charge on any atom is 0.387 e. The number of benzene rings is 1. The van der Waals surface area contributed by atoms with Gasteiger partial charge in [-0.15, -0.1) is 0 Å². The fourth-order valence-corrected chi connectivity index (χ4v) is 6.33. The second-order valence-electron chi connectivity index (χ2n) is 10.7. The molecule has 5 heterocycles. The molecule has 2 atom stereocenters. The molecule has 3 aromatic heterocycles. The van der Waals surface area contributed by atoms with Crippen molar-refractivity contribution >= 4 is 17.1 Å². The first-order valence-electron chi connectivity index (χ1n) is 13.5. The fourth-order valence-electron chi connectivity index (χ4n) is 6.33. The highest BCUT2D eigenvalue weighted by Crippen LogP contribution is 2.51. The lowest BCUT2D eigenvalue weighted by atomic mass is 9.58. The first-order chi connectivity index (χ1) is 19.4.